The first-order valence-corrected chi connectivity index (χ1v) is 8.20. The predicted octanol–water partition coefficient (Wildman–Crippen LogP) is 3.43. The Kier molecular flexibility index (Phi) is 5.03. The van der Waals surface area contributed by atoms with E-state index in [0.717, 1.165) is 33.8 Å². The van der Waals surface area contributed by atoms with Crippen LogP contribution in [-0.2, 0) is 4.74 Å². The monoisotopic (exact) mass is 389 g/mol. The number of benzene rings is 1. The summed E-state index contributed by atoms with van der Waals surface area (Å²) < 4.78 is 6.30. The third-order valence-corrected chi connectivity index (χ3v) is 5.10. The molecule has 1 aromatic rings. The molecule has 0 spiro atoms. The van der Waals surface area contributed by atoms with Gasteiger partial charge in [-0.25, -0.2) is 0 Å². The van der Waals surface area contributed by atoms with Gasteiger partial charge in [0.05, 0.1) is 5.54 Å². The predicted molar refractivity (Wildman–Crippen MR) is 82.9 cm³/mol. The first-order chi connectivity index (χ1) is 9.06. The minimum Gasteiger partial charge on any atom is -0.381 e. The van der Waals surface area contributed by atoms with Crippen LogP contribution in [0.3, 0.4) is 0 Å². The summed E-state index contributed by atoms with van der Waals surface area (Å²) in [6, 6.07) is 5.76. The van der Waals surface area contributed by atoms with E-state index in [4.69, 9.17) is 4.74 Å². The minimum absolute atomic E-state index is 0.0137. The number of carbonyl (C=O) groups excluding carboxylic acids is 1. The molecule has 1 aliphatic heterocycles. The van der Waals surface area contributed by atoms with Crippen molar-refractivity contribution in [3.05, 3.63) is 33.8 Å². The van der Waals surface area contributed by atoms with Crippen LogP contribution in [0.5, 0.6) is 0 Å². The Morgan fingerprint density at radius 3 is 2.74 bits per heavy atom. The number of amides is 1. The van der Waals surface area contributed by atoms with Gasteiger partial charge in [-0.3, -0.25) is 4.79 Å². The lowest BCUT2D eigenvalue weighted by Crippen LogP contribution is -2.53. The van der Waals surface area contributed by atoms with E-state index in [2.05, 4.69) is 37.2 Å². The molecule has 2 rings (SSSR count). The summed E-state index contributed by atoms with van der Waals surface area (Å²) in [6.07, 6.45) is 1.69. The van der Waals surface area contributed by atoms with Crippen molar-refractivity contribution in [2.24, 2.45) is 0 Å². The molecule has 0 radical (unpaired) electrons. The van der Waals surface area contributed by atoms with Gasteiger partial charge in [0.15, 0.2) is 0 Å². The van der Waals surface area contributed by atoms with E-state index in [-0.39, 0.29) is 11.4 Å². The molecule has 0 unspecified atom stereocenters. The van der Waals surface area contributed by atoms with Crippen LogP contribution in [0.1, 0.15) is 28.8 Å². The number of halogens is 2. The Balaban J connectivity index is 2.17. The lowest BCUT2D eigenvalue weighted by molar-refractivity contribution is 0.0441. The number of ether oxygens (including phenoxy) is 1. The van der Waals surface area contributed by atoms with Gasteiger partial charge in [-0.15, -0.1) is 0 Å². The van der Waals surface area contributed by atoms with Gasteiger partial charge in [0.25, 0.3) is 5.91 Å². The number of hydrogen-bond acceptors (Lipinski definition) is 2. The van der Waals surface area contributed by atoms with Gasteiger partial charge >= 0.3 is 0 Å². The van der Waals surface area contributed by atoms with E-state index in [1.807, 2.05) is 25.1 Å². The van der Waals surface area contributed by atoms with E-state index in [1.54, 1.807) is 0 Å². The van der Waals surface area contributed by atoms with Crippen molar-refractivity contribution >= 4 is 37.8 Å². The molecule has 3 nitrogen and oxygen atoms in total. The largest absolute Gasteiger partial charge is 0.381 e. The van der Waals surface area contributed by atoms with Gasteiger partial charge < -0.3 is 10.1 Å². The Labute approximate surface area is 130 Å². The highest BCUT2D eigenvalue weighted by molar-refractivity contribution is 9.10. The Morgan fingerprint density at radius 2 is 2.11 bits per heavy atom. The summed E-state index contributed by atoms with van der Waals surface area (Å²) in [4.78, 5) is 12.5. The smallest absolute Gasteiger partial charge is 0.252 e. The molecule has 0 bridgehead atoms. The molecule has 19 heavy (non-hydrogen) atoms. The fraction of sp³-hybridized carbons (Fsp3) is 0.500. The van der Waals surface area contributed by atoms with Crippen LogP contribution >= 0.6 is 31.9 Å². The zero-order valence-electron chi connectivity index (χ0n) is 10.8. The minimum atomic E-state index is -0.190. The van der Waals surface area contributed by atoms with Gasteiger partial charge in [-0.05, 0) is 37.5 Å². The number of alkyl halides is 1. The maximum absolute atomic E-state index is 12.5. The molecule has 5 heteroatoms. The van der Waals surface area contributed by atoms with Crippen molar-refractivity contribution in [3.8, 4) is 0 Å². The van der Waals surface area contributed by atoms with Crippen LogP contribution in [0.15, 0.2) is 22.7 Å². The fourth-order valence-corrected chi connectivity index (χ4v) is 3.26. The highest BCUT2D eigenvalue weighted by atomic mass is 79.9. The maximum atomic E-state index is 12.5. The van der Waals surface area contributed by atoms with Crippen LogP contribution in [0.4, 0.5) is 0 Å². The molecule has 0 saturated carbocycles. The number of rotatable bonds is 3. The first-order valence-electron chi connectivity index (χ1n) is 6.29. The number of carbonyl (C=O) groups is 1. The molecular formula is C14H17Br2NO2. The summed E-state index contributed by atoms with van der Waals surface area (Å²) in [6.45, 7) is 3.35. The molecule has 1 amide bonds. The molecule has 1 fully saturated rings. The van der Waals surface area contributed by atoms with Crippen LogP contribution < -0.4 is 5.32 Å². The maximum Gasteiger partial charge on any atom is 0.252 e. The zero-order chi connectivity index (χ0) is 13.9. The molecule has 0 aliphatic carbocycles. The normalized spacial score (nSPS) is 18.1. The fourth-order valence-electron chi connectivity index (χ4n) is 2.20. The van der Waals surface area contributed by atoms with Crippen molar-refractivity contribution < 1.29 is 9.53 Å². The summed E-state index contributed by atoms with van der Waals surface area (Å²) in [5, 5.41) is 3.93. The lowest BCUT2D eigenvalue weighted by Gasteiger charge is -2.36. The van der Waals surface area contributed by atoms with Crippen molar-refractivity contribution in [3.63, 3.8) is 0 Å². The summed E-state index contributed by atoms with van der Waals surface area (Å²) in [7, 11) is 0. The van der Waals surface area contributed by atoms with Crippen LogP contribution in [0.25, 0.3) is 0 Å². The molecule has 104 valence electrons. The second-order valence-electron chi connectivity index (χ2n) is 4.94. The highest BCUT2D eigenvalue weighted by Crippen LogP contribution is 2.24. The van der Waals surface area contributed by atoms with Gasteiger partial charge in [0.1, 0.15) is 0 Å². The van der Waals surface area contributed by atoms with E-state index in [9.17, 15) is 4.79 Å². The standard InChI is InChI=1S/C14H17Br2NO2/c1-10-2-3-11(16)8-12(10)13(18)17-14(9-15)4-6-19-7-5-14/h2-3,8H,4-7,9H2,1H3,(H,17,18). The van der Waals surface area contributed by atoms with Gasteiger partial charge in [0, 0.05) is 28.6 Å². The number of nitrogens with one attached hydrogen (secondary N) is 1. The molecule has 1 aromatic carbocycles. The quantitative estimate of drug-likeness (QED) is 0.803. The van der Waals surface area contributed by atoms with E-state index >= 15 is 0 Å². The third kappa shape index (κ3) is 3.58. The summed E-state index contributed by atoms with van der Waals surface area (Å²) in [5.41, 5.74) is 1.52. The average molecular weight is 391 g/mol. The van der Waals surface area contributed by atoms with Crippen molar-refractivity contribution in [2.45, 2.75) is 25.3 Å². The van der Waals surface area contributed by atoms with Crippen LogP contribution in [0, 0.1) is 6.92 Å². The molecule has 1 N–H and O–H groups in total. The van der Waals surface area contributed by atoms with Crippen molar-refractivity contribution in [1.82, 2.24) is 5.32 Å². The molecule has 1 saturated heterocycles. The van der Waals surface area contributed by atoms with Crippen molar-refractivity contribution in [1.29, 1.82) is 0 Å². The molecule has 1 heterocycles. The van der Waals surface area contributed by atoms with E-state index in [1.165, 1.54) is 0 Å². The van der Waals surface area contributed by atoms with Gasteiger partial charge in [0.2, 0.25) is 0 Å². The number of aryl methyl sites for hydroxylation is 1. The van der Waals surface area contributed by atoms with Gasteiger partial charge in [-0.1, -0.05) is 37.9 Å². The Hall–Kier alpha value is -0.390. The molecule has 0 atom stereocenters. The number of hydrogen-bond donors (Lipinski definition) is 1. The molecule has 1 aliphatic rings. The van der Waals surface area contributed by atoms with Gasteiger partial charge in [-0.2, -0.15) is 0 Å². The zero-order valence-corrected chi connectivity index (χ0v) is 14.0. The molecule has 0 aromatic heterocycles. The van der Waals surface area contributed by atoms with E-state index in [0.29, 0.717) is 13.2 Å². The summed E-state index contributed by atoms with van der Waals surface area (Å²) in [5.74, 6) is -0.0137. The Morgan fingerprint density at radius 1 is 1.42 bits per heavy atom. The first kappa shape index (κ1) is 15.0. The van der Waals surface area contributed by atoms with Crippen LogP contribution in [-0.4, -0.2) is 30.0 Å². The second kappa shape index (κ2) is 6.37. The van der Waals surface area contributed by atoms with Crippen LogP contribution in [0.2, 0.25) is 0 Å². The summed E-state index contributed by atoms with van der Waals surface area (Å²) >= 11 is 6.93. The second-order valence-corrected chi connectivity index (χ2v) is 6.42. The topological polar surface area (TPSA) is 38.3 Å². The van der Waals surface area contributed by atoms with Crippen molar-refractivity contribution in [2.75, 3.05) is 18.5 Å². The molecular weight excluding hydrogens is 374 g/mol. The Bertz CT molecular complexity index is 471. The highest BCUT2D eigenvalue weighted by Gasteiger charge is 2.33. The SMILES string of the molecule is Cc1ccc(Br)cc1C(=O)NC1(CBr)CCOCC1. The third-order valence-electron chi connectivity index (χ3n) is 3.53. The lowest BCUT2D eigenvalue weighted by atomic mass is 9.91. The average Bonchev–Trinajstić information content (AvgIpc) is 2.42. The van der Waals surface area contributed by atoms with E-state index < -0.39 is 0 Å².